The average molecular weight is 207 g/mol. The number of unbranched alkanes of at least 4 members (excludes halogenated alkanes) is 3. The molecule has 3 nitrogen and oxygen atoms in total. The largest absolute Gasteiger partial charge is 0.481 e. The van der Waals surface area contributed by atoms with Gasteiger partial charge in [0.25, 0.3) is 0 Å². The Kier molecular flexibility index (Phi) is 7.69. The molecule has 0 bridgehead atoms. The Hall–Kier alpha value is -0.570. The number of halogens is 1. The van der Waals surface area contributed by atoms with E-state index in [1.165, 1.54) is 0 Å². The number of hydrogen-bond donors (Lipinski definition) is 1. The summed E-state index contributed by atoms with van der Waals surface area (Å²) in [4.78, 5) is 20.7. The predicted octanol–water partition coefficient (Wildman–Crippen LogP) is 2.08. The van der Waals surface area contributed by atoms with Crippen LogP contribution in [-0.4, -0.2) is 23.2 Å². The van der Waals surface area contributed by atoms with Crippen LogP contribution < -0.4 is 0 Å². The third-order valence-corrected chi connectivity index (χ3v) is 2.15. The van der Waals surface area contributed by atoms with Gasteiger partial charge in [-0.15, -0.1) is 11.6 Å². The molecular formula is C9H15ClO3. The molecule has 1 atom stereocenters. The van der Waals surface area contributed by atoms with Crippen molar-refractivity contribution < 1.29 is 14.7 Å². The molecule has 0 spiro atoms. The number of alkyl halides is 1. The van der Waals surface area contributed by atoms with Gasteiger partial charge in [-0.3, -0.25) is 4.79 Å². The molecule has 13 heavy (non-hydrogen) atoms. The zero-order chi connectivity index (χ0) is 10.1. The Morgan fingerprint density at radius 2 is 1.92 bits per heavy atom. The summed E-state index contributed by atoms with van der Waals surface area (Å²) in [5, 5.41) is 8.52. The lowest BCUT2D eigenvalue weighted by Gasteiger charge is -2.03. The second kappa shape index (κ2) is 8.05. The molecule has 0 aliphatic carbocycles. The third kappa shape index (κ3) is 6.58. The highest BCUT2D eigenvalue weighted by molar-refractivity contribution is 6.17. The Bertz CT molecular complexity index is 159. The maximum atomic E-state index is 10.4. The Balaban J connectivity index is 3.39. The molecule has 0 rings (SSSR count). The Morgan fingerprint density at radius 1 is 1.31 bits per heavy atom. The molecule has 0 fully saturated rings. The molecule has 0 aromatic rings. The van der Waals surface area contributed by atoms with Gasteiger partial charge in [0.05, 0.1) is 0 Å². The van der Waals surface area contributed by atoms with Crippen molar-refractivity contribution in [2.45, 2.75) is 32.1 Å². The van der Waals surface area contributed by atoms with Crippen LogP contribution in [0.5, 0.6) is 0 Å². The molecule has 0 aliphatic rings. The van der Waals surface area contributed by atoms with Crippen LogP contribution in [0, 0.1) is 5.92 Å². The van der Waals surface area contributed by atoms with E-state index in [-0.39, 0.29) is 0 Å². The molecule has 0 radical (unpaired) electrons. The summed E-state index contributed by atoms with van der Waals surface area (Å²) >= 11 is 5.47. The molecule has 0 heterocycles. The van der Waals surface area contributed by atoms with Gasteiger partial charge in [-0.2, -0.15) is 0 Å². The van der Waals surface area contributed by atoms with Crippen LogP contribution in [0.2, 0.25) is 0 Å². The Labute approximate surface area is 83.1 Å². The lowest BCUT2D eigenvalue weighted by molar-refractivity contribution is -0.143. The fourth-order valence-electron chi connectivity index (χ4n) is 1.06. The van der Waals surface area contributed by atoms with Crippen molar-refractivity contribution in [1.29, 1.82) is 0 Å². The maximum absolute atomic E-state index is 10.4. The molecule has 0 aromatic heterocycles. The number of aliphatic carboxylic acids is 1. The number of carboxylic acid groups (broad SMARTS) is 1. The van der Waals surface area contributed by atoms with Crippen molar-refractivity contribution in [3.8, 4) is 0 Å². The van der Waals surface area contributed by atoms with Crippen LogP contribution in [0.4, 0.5) is 0 Å². The second-order valence-electron chi connectivity index (χ2n) is 2.97. The van der Waals surface area contributed by atoms with Crippen LogP contribution in [0.25, 0.3) is 0 Å². The average Bonchev–Trinajstić information content (AvgIpc) is 2.10. The molecule has 0 aromatic carbocycles. The first-order chi connectivity index (χ1) is 6.22. The van der Waals surface area contributed by atoms with Crippen molar-refractivity contribution in [2.75, 3.05) is 5.88 Å². The zero-order valence-corrected chi connectivity index (χ0v) is 8.29. The van der Waals surface area contributed by atoms with Gasteiger partial charge in [0.15, 0.2) is 0 Å². The number of rotatable bonds is 8. The monoisotopic (exact) mass is 206 g/mol. The molecule has 4 heteroatoms. The molecule has 0 saturated carbocycles. The topological polar surface area (TPSA) is 54.4 Å². The van der Waals surface area contributed by atoms with Gasteiger partial charge in [-0.25, -0.2) is 0 Å². The van der Waals surface area contributed by atoms with Crippen LogP contribution in [0.3, 0.4) is 0 Å². The SMILES string of the molecule is O=CC(CCCCCCCl)C(=O)O. The van der Waals surface area contributed by atoms with E-state index in [1.807, 2.05) is 0 Å². The number of hydrogen-bond acceptors (Lipinski definition) is 2. The highest BCUT2D eigenvalue weighted by Gasteiger charge is 2.14. The first kappa shape index (κ1) is 12.4. The minimum absolute atomic E-state index is 0.446. The van der Waals surface area contributed by atoms with Gasteiger partial charge in [0.1, 0.15) is 12.2 Å². The molecular weight excluding hydrogens is 192 g/mol. The quantitative estimate of drug-likeness (QED) is 0.286. The first-order valence-corrected chi connectivity index (χ1v) is 5.00. The van der Waals surface area contributed by atoms with Crippen LogP contribution in [-0.2, 0) is 9.59 Å². The summed E-state index contributed by atoms with van der Waals surface area (Å²) in [5.41, 5.74) is 0. The summed E-state index contributed by atoms with van der Waals surface area (Å²) in [6.45, 7) is 0. The smallest absolute Gasteiger partial charge is 0.313 e. The van der Waals surface area contributed by atoms with Gasteiger partial charge in [-0.1, -0.05) is 19.3 Å². The summed E-state index contributed by atoms with van der Waals surface area (Å²) in [5.74, 6) is -1.20. The van der Waals surface area contributed by atoms with Crippen molar-refractivity contribution in [1.82, 2.24) is 0 Å². The van der Waals surface area contributed by atoms with E-state index >= 15 is 0 Å². The van der Waals surface area contributed by atoms with E-state index in [2.05, 4.69) is 0 Å². The molecule has 76 valence electrons. The molecule has 0 amide bonds. The summed E-state index contributed by atoms with van der Waals surface area (Å²) in [6, 6.07) is 0. The number of carboxylic acids is 1. The van der Waals surface area contributed by atoms with Crippen molar-refractivity contribution in [3.63, 3.8) is 0 Å². The van der Waals surface area contributed by atoms with Gasteiger partial charge in [-0.05, 0) is 12.8 Å². The molecule has 1 unspecified atom stereocenters. The van der Waals surface area contributed by atoms with Gasteiger partial charge < -0.3 is 9.90 Å². The zero-order valence-electron chi connectivity index (χ0n) is 7.54. The Morgan fingerprint density at radius 3 is 2.38 bits per heavy atom. The number of carbonyl (C=O) groups excluding carboxylic acids is 1. The van der Waals surface area contributed by atoms with Crippen LogP contribution >= 0.6 is 11.6 Å². The maximum Gasteiger partial charge on any atom is 0.313 e. The van der Waals surface area contributed by atoms with Crippen LogP contribution in [0.15, 0.2) is 0 Å². The van der Waals surface area contributed by atoms with Crippen molar-refractivity contribution >= 4 is 23.9 Å². The van der Waals surface area contributed by atoms with E-state index in [9.17, 15) is 9.59 Å². The molecule has 0 aliphatic heterocycles. The lowest BCUT2D eigenvalue weighted by atomic mass is 10.0. The lowest BCUT2D eigenvalue weighted by Crippen LogP contribution is -2.14. The fourth-order valence-corrected chi connectivity index (χ4v) is 1.25. The van der Waals surface area contributed by atoms with Crippen molar-refractivity contribution in [2.24, 2.45) is 5.92 Å². The van der Waals surface area contributed by atoms with E-state index in [0.717, 1.165) is 25.7 Å². The summed E-state index contributed by atoms with van der Waals surface area (Å²) in [6.07, 6.45) is 4.65. The van der Waals surface area contributed by atoms with Gasteiger partial charge >= 0.3 is 5.97 Å². The van der Waals surface area contributed by atoms with Crippen molar-refractivity contribution in [3.05, 3.63) is 0 Å². The standard InChI is InChI=1S/C9H15ClO3/c10-6-4-2-1-3-5-8(7-11)9(12)13/h7-8H,1-6H2,(H,12,13). The fraction of sp³-hybridized carbons (Fsp3) is 0.778. The van der Waals surface area contributed by atoms with E-state index < -0.39 is 11.9 Å². The minimum atomic E-state index is -1.02. The van der Waals surface area contributed by atoms with E-state index in [4.69, 9.17) is 16.7 Å². The van der Waals surface area contributed by atoms with Gasteiger partial charge in [0, 0.05) is 5.88 Å². The first-order valence-electron chi connectivity index (χ1n) is 4.46. The van der Waals surface area contributed by atoms with Crippen LogP contribution in [0.1, 0.15) is 32.1 Å². The predicted molar refractivity (Wildman–Crippen MR) is 51.0 cm³/mol. The molecule has 0 saturated heterocycles. The summed E-state index contributed by atoms with van der Waals surface area (Å²) < 4.78 is 0. The van der Waals surface area contributed by atoms with E-state index in [1.54, 1.807) is 0 Å². The normalized spacial score (nSPS) is 12.4. The van der Waals surface area contributed by atoms with Gasteiger partial charge in [0.2, 0.25) is 0 Å². The second-order valence-corrected chi connectivity index (χ2v) is 3.35. The highest BCUT2D eigenvalue weighted by Crippen LogP contribution is 2.09. The molecule has 1 N–H and O–H groups in total. The van der Waals surface area contributed by atoms with E-state index in [0.29, 0.717) is 18.6 Å². The highest BCUT2D eigenvalue weighted by atomic mass is 35.5. The minimum Gasteiger partial charge on any atom is -0.481 e. The summed E-state index contributed by atoms with van der Waals surface area (Å²) in [7, 11) is 0. The third-order valence-electron chi connectivity index (χ3n) is 1.88. The number of carbonyl (C=O) groups is 2. The number of aldehydes is 1.